The van der Waals surface area contributed by atoms with Crippen LogP contribution >= 0.6 is 0 Å². The van der Waals surface area contributed by atoms with Gasteiger partial charge in [0.2, 0.25) is 0 Å². The van der Waals surface area contributed by atoms with Crippen molar-refractivity contribution in [2.24, 2.45) is 5.92 Å². The third kappa shape index (κ3) is 9.05. The molecular formula is C19H28N2O5. The number of benzene rings is 1. The number of esters is 1. The third-order valence-electron chi connectivity index (χ3n) is 3.45. The first-order chi connectivity index (χ1) is 12.4. The second-order valence-electron chi connectivity index (χ2n) is 6.29. The lowest BCUT2D eigenvalue weighted by atomic mass is 10.1. The fourth-order valence-electron chi connectivity index (χ4n) is 1.91. The second-order valence-corrected chi connectivity index (χ2v) is 6.29. The van der Waals surface area contributed by atoms with Gasteiger partial charge in [-0.2, -0.15) is 0 Å². The predicted molar refractivity (Wildman–Crippen MR) is 98.1 cm³/mol. The first kappa shape index (κ1) is 21.5. The molecule has 26 heavy (non-hydrogen) atoms. The van der Waals surface area contributed by atoms with Crippen molar-refractivity contribution in [2.75, 3.05) is 19.8 Å². The fourth-order valence-corrected chi connectivity index (χ4v) is 1.91. The second kappa shape index (κ2) is 11.9. The minimum atomic E-state index is -0.546. The summed E-state index contributed by atoms with van der Waals surface area (Å²) in [5, 5.41) is 4.80. The van der Waals surface area contributed by atoms with Gasteiger partial charge in [-0.1, -0.05) is 27.2 Å². The fraction of sp³-hybridized carbons (Fsp3) is 0.526. The maximum absolute atomic E-state index is 11.8. The molecular weight excluding hydrogens is 336 g/mol. The van der Waals surface area contributed by atoms with E-state index in [9.17, 15) is 14.4 Å². The number of hydrogen-bond acceptors (Lipinski definition) is 5. The zero-order valence-corrected chi connectivity index (χ0v) is 15.7. The van der Waals surface area contributed by atoms with Crippen molar-refractivity contribution < 1.29 is 23.9 Å². The summed E-state index contributed by atoms with van der Waals surface area (Å²) < 4.78 is 10.4. The molecule has 0 spiro atoms. The molecule has 1 rings (SSSR count). The quantitative estimate of drug-likeness (QED) is 0.492. The Morgan fingerprint density at radius 3 is 2.42 bits per heavy atom. The number of ether oxygens (including phenoxy) is 2. The van der Waals surface area contributed by atoms with Gasteiger partial charge in [-0.3, -0.25) is 10.1 Å². The SMILES string of the molecule is CCCCOC(=O)c1ccc(OCC(=O)NC(=O)NCCC(C)C)cc1. The third-order valence-corrected chi connectivity index (χ3v) is 3.45. The lowest BCUT2D eigenvalue weighted by Crippen LogP contribution is -2.42. The standard InChI is InChI=1S/C19H28N2O5/c1-4-5-12-25-18(23)15-6-8-16(9-7-15)26-13-17(22)21-19(24)20-11-10-14(2)3/h6-9,14H,4-5,10-13H2,1-3H3,(H2,20,21,22,24). The van der Waals surface area contributed by atoms with Gasteiger partial charge in [-0.15, -0.1) is 0 Å². The van der Waals surface area contributed by atoms with Gasteiger partial charge in [0, 0.05) is 6.54 Å². The van der Waals surface area contributed by atoms with Crippen molar-refractivity contribution in [3.8, 4) is 5.75 Å². The van der Waals surface area contributed by atoms with E-state index in [-0.39, 0.29) is 12.6 Å². The first-order valence-corrected chi connectivity index (χ1v) is 8.90. The summed E-state index contributed by atoms with van der Waals surface area (Å²) in [5.41, 5.74) is 0.419. The zero-order chi connectivity index (χ0) is 19.4. The Kier molecular flexibility index (Phi) is 9.82. The van der Waals surface area contributed by atoms with Gasteiger partial charge in [0.05, 0.1) is 12.2 Å². The molecule has 3 amide bonds. The summed E-state index contributed by atoms with van der Waals surface area (Å²) in [6, 6.07) is 5.75. The molecule has 0 heterocycles. The molecule has 7 nitrogen and oxygen atoms in total. The van der Waals surface area contributed by atoms with Crippen molar-refractivity contribution in [3.05, 3.63) is 29.8 Å². The highest BCUT2D eigenvalue weighted by Crippen LogP contribution is 2.13. The zero-order valence-electron chi connectivity index (χ0n) is 15.7. The van der Waals surface area contributed by atoms with Crippen LogP contribution in [0.2, 0.25) is 0 Å². The topological polar surface area (TPSA) is 93.7 Å². The van der Waals surface area contributed by atoms with E-state index >= 15 is 0 Å². The average Bonchev–Trinajstić information content (AvgIpc) is 2.60. The monoisotopic (exact) mass is 364 g/mol. The van der Waals surface area contributed by atoms with Gasteiger partial charge in [-0.05, 0) is 43.0 Å². The molecule has 1 aromatic rings. The van der Waals surface area contributed by atoms with Crippen molar-refractivity contribution in [1.29, 1.82) is 0 Å². The van der Waals surface area contributed by atoms with E-state index in [4.69, 9.17) is 9.47 Å². The Morgan fingerprint density at radius 1 is 1.12 bits per heavy atom. The van der Waals surface area contributed by atoms with Crippen LogP contribution in [0.5, 0.6) is 5.75 Å². The van der Waals surface area contributed by atoms with E-state index in [1.165, 1.54) is 0 Å². The molecule has 0 unspecified atom stereocenters. The number of urea groups is 1. The predicted octanol–water partition coefficient (Wildman–Crippen LogP) is 2.89. The van der Waals surface area contributed by atoms with Crippen LogP contribution in [0, 0.1) is 5.92 Å². The lowest BCUT2D eigenvalue weighted by Gasteiger charge is -2.09. The van der Waals surface area contributed by atoms with Crippen molar-refractivity contribution >= 4 is 17.9 Å². The Hall–Kier alpha value is -2.57. The Labute approximate surface area is 154 Å². The largest absolute Gasteiger partial charge is 0.484 e. The molecule has 0 saturated heterocycles. The van der Waals surface area contributed by atoms with Crippen LogP contribution in [0.1, 0.15) is 50.4 Å². The number of hydrogen-bond donors (Lipinski definition) is 2. The molecule has 0 bridgehead atoms. The van der Waals surface area contributed by atoms with Gasteiger partial charge in [0.1, 0.15) is 5.75 Å². The smallest absolute Gasteiger partial charge is 0.338 e. The summed E-state index contributed by atoms with van der Waals surface area (Å²) in [5.74, 6) is -0.0392. The highest BCUT2D eigenvalue weighted by atomic mass is 16.5. The molecule has 0 aliphatic heterocycles. The summed E-state index contributed by atoms with van der Waals surface area (Å²) in [7, 11) is 0. The van der Waals surface area contributed by atoms with Gasteiger partial charge < -0.3 is 14.8 Å². The van der Waals surface area contributed by atoms with Crippen LogP contribution < -0.4 is 15.4 Å². The van der Waals surface area contributed by atoms with Crippen LogP contribution in [0.25, 0.3) is 0 Å². The number of nitrogens with one attached hydrogen (secondary N) is 2. The van der Waals surface area contributed by atoms with Crippen molar-refractivity contribution in [1.82, 2.24) is 10.6 Å². The van der Waals surface area contributed by atoms with Crippen LogP contribution in [-0.2, 0) is 9.53 Å². The lowest BCUT2D eigenvalue weighted by molar-refractivity contribution is -0.122. The molecule has 1 aromatic carbocycles. The summed E-state index contributed by atoms with van der Waals surface area (Å²) >= 11 is 0. The Morgan fingerprint density at radius 2 is 1.81 bits per heavy atom. The number of carbonyl (C=O) groups excluding carboxylic acids is 3. The van der Waals surface area contributed by atoms with Crippen molar-refractivity contribution in [3.63, 3.8) is 0 Å². The summed E-state index contributed by atoms with van der Waals surface area (Å²) in [4.78, 5) is 35.0. The molecule has 2 N–H and O–H groups in total. The number of rotatable bonds is 10. The van der Waals surface area contributed by atoms with Gasteiger partial charge >= 0.3 is 12.0 Å². The van der Waals surface area contributed by atoms with Crippen LogP contribution in [0.4, 0.5) is 4.79 Å². The number of imide groups is 1. The average molecular weight is 364 g/mol. The molecule has 0 fully saturated rings. The summed E-state index contributed by atoms with van der Waals surface area (Å²) in [6.07, 6.45) is 2.62. The molecule has 0 saturated carbocycles. The molecule has 0 aromatic heterocycles. The highest BCUT2D eigenvalue weighted by molar-refractivity contribution is 5.95. The van der Waals surface area contributed by atoms with Gasteiger partial charge in [-0.25, -0.2) is 9.59 Å². The number of unbranched alkanes of at least 4 members (excludes halogenated alkanes) is 1. The molecule has 7 heteroatoms. The maximum atomic E-state index is 11.8. The Balaban J connectivity index is 2.32. The van der Waals surface area contributed by atoms with E-state index in [0.29, 0.717) is 30.4 Å². The van der Waals surface area contributed by atoms with E-state index in [2.05, 4.69) is 24.5 Å². The number of amides is 3. The molecule has 0 aliphatic rings. The van der Waals surface area contributed by atoms with Crippen molar-refractivity contribution in [2.45, 2.75) is 40.0 Å². The first-order valence-electron chi connectivity index (χ1n) is 8.90. The molecule has 144 valence electrons. The van der Waals surface area contributed by atoms with Crippen LogP contribution in [-0.4, -0.2) is 37.7 Å². The van der Waals surface area contributed by atoms with Gasteiger partial charge in [0.25, 0.3) is 5.91 Å². The minimum Gasteiger partial charge on any atom is -0.484 e. The van der Waals surface area contributed by atoms with Gasteiger partial charge in [0.15, 0.2) is 6.61 Å². The van der Waals surface area contributed by atoms with E-state index in [1.54, 1.807) is 24.3 Å². The Bertz CT molecular complexity index is 584. The number of carbonyl (C=O) groups is 3. The normalized spacial score (nSPS) is 10.3. The summed E-state index contributed by atoms with van der Waals surface area (Å²) in [6.45, 7) is 6.73. The maximum Gasteiger partial charge on any atom is 0.338 e. The van der Waals surface area contributed by atoms with E-state index in [0.717, 1.165) is 19.3 Å². The molecule has 0 aliphatic carbocycles. The van der Waals surface area contributed by atoms with E-state index < -0.39 is 11.9 Å². The highest BCUT2D eigenvalue weighted by Gasteiger charge is 2.10. The molecule has 0 atom stereocenters. The van der Waals surface area contributed by atoms with Crippen LogP contribution in [0.15, 0.2) is 24.3 Å². The van der Waals surface area contributed by atoms with E-state index in [1.807, 2.05) is 6.92 Å². The minimum absolute atomic E-state index is 0.294. The molecule has 0 radical (unpaired) electrons. The van der Waals surface area contributed by atoms with Crippen LogP contribution in [0.3, 0.4) is 0 Å².